The minimum atomic E-state index is -0.550. The molecule has 1 N–H and O–H groups in total. The molecule has 0 bridgehead atoms. The standard InChI is InChI=1S/C13H19F2NO/c1-4-16-13(9(2)17-3)7-10-5-6-11(14)8-12(10)15/h5-6,8-9,13,16H,4,7H2,1-3H3. The molecule has 0 spiro atoms. The number of hydrogen-bond acceptors (Lipinski definition) is 2. The van der Waals surface area contributed by atoms with Crippen molar-refractivity contribution >= 4 is 0 Å². The lowest BCUT2D eigenvalue weighted by molar-refractivity contribution is 0.0833. The summed E-state index contributed by atoms with van der Waals surface area (Å²) >= 11 is 0. The predicted molar refractivity (Wildman–Crippen MR) is 64.0 cm³/mol. The summed E-state index contributed by atoms with van der Waals surface area (Å²) in [5, 5.41) is 3.24. The molecule has 0 saturated carbocycles. The first kappa shape index (κ1) is 14.1. The molecule has 96 valence electrons. The van der Waals surface area contributed by atoms with Crippen LogP contribution < -0.4 is 5.32 Å². The monoisotopic (exact) mass is 243 g/mol. The van der Waals surface area contributed by atoms with E-state index < -0.39 is 11.6 Å². The van der Waals surface area contributed by atoms with Crippen molar-refractivity contribution in [3.05, 3.63) is 35.4 Å². The fraction of sp³-hybridized carbons (Fsp3) is 0.538. The fourth-order valence-corrected chi connectivity index (χ4v) is 1.75. The second kappa shape index (κ2) is 6.67. The minimum absolute atomic E-state index is 0.0185. The quantitative estimate of drug-likeness (QED) is 0.829. The number of rotatable bonds is 6. The first-order valence-electron chi connectivity index (χ1n) is 5.78. The van der Waals surface area contributed by atoms with Crippen molar-refractivity contribution in [2.24, 2.45) is 0 Å². The van der Waals surface area contributed by atoms with E-state index >= 15 is 0 Å². The number of halogens is 2. The lowest BCUT2D eigenvalue weighted by Gasteiger charge is -2.24. The summed E-state index contributed by atoms with van der Waals surface area (Å²) in [5.41, 5.74) is 0.501. The van der Waals surface area contributed by atoms with E-state index in [0.29, 0.717) is 12.0 Å². The maximum absolute atomic E-state index is 13.5. The van der Waals surface area contributed by atoms with Crippen molar-refractivity contribution in [2.45, 2.75) is 32.4 Å². The van der Waals surface area contributed by atoms with Crippen LogP contribution in [0.2, 0.25) is 0 Å². The minimum Gasteiger partial charge on any atom is -0.380 e. The Morgan fingerprint density at radius 3 is 2.59 bits per heavy atom. The predicted octanol–water partition coefficient (Wildman–Crippen LogP) is 2.52. The average molecular weight is 243 g/mol. The summed E-state index contributed by atoms with van der Waals surface area (Å²) < 4.78 is 31.5. The number of methoxy groups -OCH3 is 1. The molecule has 0 fully saturated rings. The zero-order chi connectivity index (χ0) is 12.8. The van der Waals surface area contributed by atoms with Crippen LogP contribution in [0.3, 0.4) is 0 Å². The second-order valence-corrected chi connectivity index (χ2v) is 4.04. The van der Waals surface area contributed by atoms with Gasteiger partial charge in [0.15, 0.2) is 0 Å². The Kier molecular flexibility index (Phi) is 5.51. The molecule has 0 amide bonds. The van der Waals surface area contributed by atoms with E-state index in [-0.39, 0.29) is 12.1 Å². The molecule has 1 aromatic rings. The lowest BCUT2D eigenvalue weighted by atomic mass is 10.0. The third-order valence-corrected chi connectivity index (χ3v) is 2.86. The van der Waals surface area contributed by atoms with Crippen LogP contribution in [0.15, 0.2) is 18.2 Å². The molecule has 0 saturated heterocycles. The van der Waals surface area contributed by atoms with Gasteiger partial charge >= 0.3 is 0 Å². The van der Waals surface area contributed by atoms with Gasteiger partial charge in [-0.3, -0.25) is 0 Å². The largest absolute Gasteiger partial charge is 0.380 e. The van der Waals surface area contributed by atoms with Gasteiger partial charge in [0.2, 0.25) is 0 Å². The third kappa shape index (κ3) is 4.06. The van der Waals surface area contributed by atoms with Gasteiger partial charge in [0, 0.05) is 19.2 Å². The molecule has 0 radical (unpaired) electrons. The number of ether oxygens (including phenoxy) is 1. The third-order valence-electron chi connectivity index (χ3n) is 2.86. The van der Waals surface area contributed by atoms with Gasteiger partial charge in [0.1, 0.15) is 11.6 Å². The van der Waals surface area contributed by atoms with Gasteiger partial charge < -0.3 is 10.1 Å². The summed E-state index contributed by atoms with van der Waals surface area (Å²) in [6, 6.07) is 3.69. The van der Waals surface area contributed by atoms with Crippen LogP contribution in [0, 0.1) is 11.6 Å². The van der Waals surface area contributed by atoms with E-state index in [1.54, 1.807) is 7.11 Å². The van der Waals surface area contributed by atoms with Crippen molar-refractivity contribution in [3.63, 3.8) is 0 Å². The van der Waals surface area contributed by atoms with Crippen molar-refractivity contribution < 1.29 is 13.5 Å². The molecule has 1 rings (SSSR count). The van der Waals surface area contributed by atoms with Crippen molar-refractivity contribution in [3.8, 4) is 0 Å². The fourth-order valence-electron chi connectivity index (χ4n) is 1.75. The number of hydrogen-bond donors (Lipinski definition) is 1. The molecule has 0 aromatic heterocycles. The van der Waals surface area contributed by atoms with Gasteiger partial charge in [-0.1, -0.05) is 13.0 Å². The Morgan fingerprint density at radius 2 is 2.06 bits per heavy atom. The maximum atomic E-state index is 13.5. The Morgan fingerprint density at radius 1 is 1.35 bits per heavy atom. The van der Waals surface area contributed by atoms with E-state index in [4.69, 9.17) is 4.74 Å². The summed E-state index contributed by atoms with van der Waals surface area (Å²) in [5.74, 6) is -1.05. The second-order valence-electron chi connectivity index (χ2n) is 4.04. The normalized spacial score (nSPS) is 14.6. The lowest BCUT2D eigenvalue weighted by Crippen LogP contribution is -2.41. The van der Waals surface area contributed by atoms with Crippen LogP contribution in [-0.4, -0.2) is 25.8 Å². The molecular formula is C13H19F2NO. The van der Waals surface area contributed by atoms with Crippen LogP contribution in [-0.2, 0) is 11.2 Å². The average Bonchev–Trinajstić information content (AvgIpc) is 2.30. The van der Waals surface area contributed by atoms with Crippen LogP contribution in [0.1, 0.15) is 19.4 Å². The molecule has 2 atom stereocenters. The van der Waals surface area contributed by atoms with Gasteiger partial charge in [-0.2, -0.15) is 0 Å². The summed E-state index contributed by atoms with van der Waals surface area (Å²) in [7, 11) is 1.62. The molecule has 0 aliphatic heterocycles. The van der Waals surface area contributed by atoms with Crippen molar-refractivity contribution in [1.29, 1.82) is 0 Å². The van der Waals surface area contributed by atoms with E-state index in [1.165, 1.54) is 12.1 Å². The Labute approximate surface area is 101 Å². The maximum Gasteiger partial charge on any atom is 0.129 e. The summed E-state index contributed by atoms with van der Waals surface area (Å²) in [4.78, 5) is 0. The van der Waals surface area contributed by atoms with E-state index in [9.17, 15) is 8.78 Å². The van der Waals surface area contributed by atoms with Crippen LogP contribution in [0.25, 0.3) is 0 Å². The first-order valence-corrected chi connectivity index (χ1v) is 5.78. The topological polar surface area (TPSA) is 21.3 Å². The number of benzene rings is 1. The highest BCUT2D eigenvalue weighted by atomic mass is 19.1. The highest BCUT2D eigenvalue weighted by molar-refractivity contribution is 5.19. The van der Waals surface area contributed by atoms with Crippen LogP contribution >= 0.6 is 0 Å². The van der Waals surface area contributed by atoms with Crippen molar-refractivity contribution in [2.75, 3.05) is 13.7 Å². The van der Waals surface area contributed by atoms with Crippen LogP contribution in [0.5, 0.6) is 0 Å². The highest BCUT2D eigenvalue weighted by Gasteiger charge is 2.18. The van der Waals surface area contributed by atoms with Gasteiger partial charge in [0.05, 0.1) is 6.10 Å². The van der Waals surface area contributed by atoms with E-state index in [2.05, 4.69) is 5.32 Å². The van der Waals surface area contributed by atoms with E-state index in [0.717, 1.165) is 12.6 Å². The molecule has 0 aliphatic rings. The van der Waals surface area contributed by atoms with Gasteiger partial charge in [-0.15, -0.1) is 0 Å². The molecule has 2 nitrogen and oxygen atoms in total. The smallest absolute Gasteiger partial charge is 0.129 e. The molecule has 1 aromatic carbocycles. The molecule has 0 heterocycles. The van der Waals surface area contributed by atoms with Crippen molar-refractivity contribution in [1.82, 2.24) is 5.32 Å². The zero-order valence-electron chi connectivity index (χ0n) is 10.5. The molecule has 17 heavy (non-hydrogen) atoms. The van der Waals surface area contributed by atoms with Crippen LogP contribution in [0.4, 0.5) is 8.78 Å². The Hall–Kier alpha value is -1.00. The van der Waals surface area contributed by atoms with Gasteiger partial charge in [-0.05, 0) is 31.5 Å². The Balaban J connectivity index is 2.78. The SMILES string of the molecule is CCNC(Cc1ccc(F)cc1F)C(C)OC. The number of likely N-dealkylation sites (N-methyl/N-ethyl adjacent to an activating group) is 1. The summed E-state index contributed by atoms with van der Waals surface area (Å²) in [6.07, 6.45) is 0.453. The molecule has 0 aliphatic carbocycles. The summed E-state index contributed by atoms with van der Waals surface area (Å²) in [6.45, 7) is 4.69. The molecule has 4 heteroatoms. The molecule has 2 unspecified atom stereocenters. The highest BCUT2D eigenvalue weighted by Crippen LogP contribution is 2.13. The number of nitrogens with one attached hydrogen (secondary N) is 1. The van der Waals surface area contributed by atoms with Gasteiger partial charge in [0.25, 0.3) is 0 Å². The van der Waals surface area contributed by atoms with E-state index in [1.807, 2.05) is 13.8 Å². The van der Waals surface area contributed by atoms with Gasteiger partial charge in [-0.25, -0.2) is 8.78 Å². The zero-order valence-corrected chi connectivity index (χ0v) is 10.5. The first-order chi connectivity index (χ1) is 8.08. The Bertz CT molecular complexity index is 357. The molecular weight excluding hydrogens is 224 g/mol.